The molecule has 1 aromatic rings. The molecule has 110 valence electrons. The fourth-order valence-corrected chi connectivity index (χ4v) is 3.94. The summed E-state index contributed by atoms with van der Waals surface area (Å²) < 4.78 is 1.06. The van der Waals surface area contributed by atoms with E-state index in [1.165, 1.54) is 51.4 Å². The second-order valence-corrected chi connectivity index (χ2v) is 6.91. The Kier molecular flexibility index (Phi) is 9.84. The zero-order valence-corrected chi connectivity index (χ0v) is 14.4. The Morgan fingerprint density at radius 2 is 1.58 bits per heavy atom. The van der Waals surface area contributed by atoms with Gasteiger partial charge in [0.2, 0.25) is 0 Å². The molecule has 0 aliphatic rings. The van der Waals surface area contributed by atoms with Crippen LogP contribution in [0.5, 0.6) is 0 Å². The number of unbranched alkanes of at least 4 members (excludes halogenated alkanes) is 8. The lowest BCUT2D eigenvalue weighted by molar-refractivity contribution is 0.163. The van der Waals surface area contributed by atoms with E-state index in [1.54, 1.807) is 11.3 Å². The predicted octanol–water partition coefficient (Wildman–Crippen LogP) is 6.46. The molecule has 1 atom stereocenters. The summed E-state index contributed by atoms with van der Waals surface area (Å²) in [4.78, 5) is 0. The highest BCUT2D eigenvalue weighted by Gasteiger charge is 2.11. The first-order chi connectivity index (χ1) is 9.25. The van der Waals surface area contributed by atoms with E-state index < -0.39 is 0 Å². The van der Waals surface area contributed by atoms with E-state index >= 15 is 0 Å². The Bertz CT molecular complexity index is 324. The number of thiophene rings is 1. The minimum atomic E-state index is -0.287. The Morgan fingerprint density at radius 3 is 2.11 bits per heavy atom. The molecule has 0 spiro atoms. The first-order valence-electron chi connectivity index (χ1n) is 7.65. The van der Waals surface area contributed by atoms with Crippen LogP contribution >= 0.6 is 27.3 Å². The van der Waals surface area contributed by atoms with E-state index in [4.69, 9.17) is 0 Å². The maximum atomic E-state index is 10.1. The summed E-state index contributed by atoms with van der Waals surface area (Å²) in [6, 6.07) is 0. The van der Waals surface area contributed by atoms with Crippen molar-refractivity contribution in [2.45, 2.75) is 77.2 Å². The van der Waals surface area contributed by atoms with Crippen LogP contribution in [0.4, 0.5) is 0 Å². The number of hydrogen-bond acceptors (Lipinski definition) is 2. The van der Waals surface area contributed by atoms with Crippen LogP contribution in [0.25, 0.3) is 0 Å². The van der Waals surface area contributed by atoms with Gasteiger partial charge in [0.15, 0.2) is 0 Å². The van der Waals surface area contributed by atoms with Crippen molar-refractivity contribution in [3.8, 4) is 0 Å². The van der Waals surface area contributed by atoms with Gasteiger partial charge in [0.25, 0.3) is 0 Å². The van der Waals surface area contributed by atoms with Crippen molar-refractivity contribution in [1.29, 1.82) is 0 Å². The van der Waals surface area contributed by atoms with Gasteiger partial charge in [-0.15, -0.1) is 0 Å². The molecular formula is C16H27BrOS. The molecule has 0 saturated carbocycles. The summed E-state index contributed by atoms with van der Waals surface area (Å²) in [6.45, 7) is 2.26. The van der Waals surface area contributed by atoms with Crippen LogP contribution < -0.4 is 0 Å². The summed E-state index contributed by atoms with van der Waals surface area (Å²) in [6.07, 6.45) is 12.6. The number of aliphatic hydroxyl groups is 1. The van der Waals surface area contributed by atoms with E-state index in [9.17, 15) is 5.11 Å². The first-order valence-corrected chi connectivity index (χ1v) is 9.39. The molecular weight excluding hydrogens is 320 g/mol. The van der Waals surface area contributed by atoms with Gasteiger partial charge in [0.05, 0.1) is 6.10 Å². The van der Waals surface area contributed by atoms with Gasteiger partial charge in [0.1, 0.15) is 0 Å². The van der Waals surface area contributed by atoms with Crippen LogP contribution in [0.1, 0.15) is 82.8 Å². The molecule has 1 unspecified atom stereocenters. The molecule has 0 radical (unpaired) electrons. The van der Waals surface area contributed by atoms with Crippen LogP contribution in [0.15, 0.2) is 15.2 Å². The summed E-state index contributed by atoms with van der Waals surface area (Å²) >= 11 is 5.13. The molecule has 1 nitrogen and oxygen atoms in total. The summed E-state index contributed by atoms with van der Waals surface area (Å²) in [5.74, 6) is 0. The Balaban J connectivity index is 1.95. The van der Waals surface area contributed by atoms with Gasteiger partial charge in [-0.25, -0.2) is 0 Å². The van der Waals surface area contributed by atoms with Crippen molar-refractivity contribution in [2.24, 2.45) is 0 Å². The Labute approximate surface area is 130 Å². The third kappa shape index (κ3) is 7.48. The molecule has 0 aliphatic heterocycles. The highest BCUT2D eigenvalue weighted by molar-refractivity contribution is 9.10. The van der Waals surface area contributed by atoms with Gasteiger partial charge in [-0.3, -0.25) is 0 Å². The maximum Gasteiger partial charge on any atom is 0.0809 e. The lowest BCUT2D eigenvalue weighted by Gasteiger charge is -2.09. The predicted molar refractivity (Wildman–Crippen MR) is 88.8 cm³/mol. The smallest absolute Gasteiger partial charge is 0.0809 e. The van der Waals surface area contributed by atoms with Crippen molar-refractivity contribution in [1.82, 2.24) is 0 Å². The lowest BCUT2D eigenvalue weighted by atomic mass is 10.0. The van der Waals surface area contributed by atoms with Crippen LogP contribution in [-0.4, -0.2) is 5.11 Å². The van der Waals surface area contributed by atoms with E-state index in [2.05, 4.69) is 22.9 Å². The van der Waals surface area contributed by atoms with Gasteiger partial charge >= 0.3 is 0 Å². The fraction of sp³-hybridized carbons (Fsp3) is 0.750. The van der Waals surface area contributed by atoms with Crippen molar-refractivity contribution in [3.63, 3.8) is 0 Å². The number of hydrogen-bond donors (Lipinski definition) is 1. The third-order valence-corrected chi connectivity index (χ3v) is 5.33. The number of halogens is 1. The molecule has 0 fully saturated rings. The first kappa shape index (κ1) is 17.2. The topological polar surface area (TPSA) is 20.2 Å². The molecule has 1 rings (SSSR count). The van der Waals surface area contributed by atoms with Gasteiger partial charge in [-0.05, 0) is 27.7 Å². The van der Waals surface area contributed by atoms with Crippen LogP contribution in [0.3, 0.4) is 0 Å². The maximum absolute atomic E-state index is 10.1. The number of aliphatic hydroxyl groups excluding tert-OH is 1. The largest absolute Gasteiger partial charge is 0.388 e. The van der Waals surface area contributed by atoms with Gasteiger partial charge in [-0.2, -0.15) is 11.3 Å². The van der Waals surface area contributed by atoms with E-state index in [1.807, 2.05) is 10.8 Å². The molecule has 19 heavy (non-hydrogen) atoms. The molecule has 0 amide bonds. The average Bonchev–Trinajstić information content (AvgIpc) is 2.83. The van der Waals surface area contributed by atoms with E-state index in [0.717, 1.165) is 22.9 Å². The fourth-order valence-electron chi connectivity index (χ4n) is 2.33. The number of rotatable bonds is 11. The second kappa shape index (κ2) is 10.9. The summed E-state index contributed by atoms with van der Waals surface area (Å²) in [5, 5.41) is 14.1. The average molecular weight is 347 g/mol. The Morgan fingerprint density at radius 1 is 1.00 bits per heavy atom. The van der Waals surface area contributed by atoms with Crippen molar-refractivity contribution in [3.05, 3.63) is 20.8 Å². The standard InChI is InChI=1S/C16H27BrOS/c1-2-3-4-5-6-7-8-9-10-11-16(18)14-12-19-13-15(14)17/h12-13,16,18H,2-11H2,1H3. The Hall–Kier alpha value is 0.140. The molecule has 0 saturated heterocycles. The lowest BCUT2D eigenvalue weighted by Crippen LogP contribution is -1.96. The van der Waals surface area contributed by atoms with Crippen molar-refractivity contribution < 1.29 is 5.11 Å². The molecule has 0 bridgehead atoms. The van der Waals surface area contributed by atoms with Gasteiger partial charge in [-0.1, -0.05) is 64.7 Å². The zero-order valence-electron chi connectivity index (χ0n) is 12.0. The highest BCUT2D eigenvalue weighted by atomic mass is 79.9. The molecule has 0 aromatic carbocycles. The summed E-state index contributed by atoms with van der Waals surface area (Å²) in [5.41, 5.74) is 1.06. The molecule has 1 heterocycles. The zero-order chi connectivity index (χ0) is 13.9. The quantitative estimate of drug-likeness (QED) is 0.455. The third-order valence-electron chi connectivity index (χ3n) is 3.58. The van der Waals surface area contributed by atoms with Crippen LogP contribution in [-0.2, 0) is 0 Å². The van der Waals surface area contributed by atoms with Crippen molar-refractivity contribution in [2.75, 3.05) is 0 Å². The second-order valence-electron chi connectivity index (χ2n) is 5.31. The molecule has 3 heteroatoms. The van der Waals surface area contributed by atoms with Crippen LogP contribution in [0.2, 0.25) is 0 Å². The van der Waals surface area contributed by atoms with Gasteiger partial charge < -0.3 is 5.11 Å². The van der Waals surface area contributed by atoms with Crippen molar-refractivity contribution >= 4 is 27.3 Å². The SMILES string of the molecule is CCCCCCCCCCCC(O)c1cscc1Br. The molecule has 0 aliphatic carbocycles. The van der Waals surface area contributed by atoms with Gasteiger partial charge in [0, 0.05) is 15.4 Å². The van der Waals surface area contributed by atoms with E-state index in [-0.39, 0.29) is 6.10 Å². The molecule has 1 aromatic heterocycles. The minimum Gasteiger partial charge on any atom is -0.388 e. The van der Waals surface area contributed by atoms with E-state index in [0.29, 0.717) is 0 Å². The minimum absolute atomic E-state index is 0.287. The summed E-state index contributed by atoms with van der Waals surface area (Å²) in [7, 11) is 0. The molecule has 1 N–H and O–H groups in total. The highest BCUT2D eigenvalue weighted by Crippen LogP contribution is 2.30. The monoisotopic (exact) mass is 346 g/mol. The van der Waals surface area contributed by atoms with Crippen LogP contribution in [0, 0.1) is 0 Å². The normalized spacial score (nSPS) is 12.8.